The summed E-state index contributed by atoms with van der Waals surface area (Å²) in [5.74, 6) is 0.366. The van der Waals surface area contributed by atoms with Gasteiger partial charge in [0.1, 0.15) is 0 Å². The van der Waals surface area contributed by atoms with E-state index < -0.39 is 4.92 Å². The molecule has 0 bridgehead atoms. The van der Waals surface area contributed by atoms with E-state index in [-0.39, 0.29) is 22.8 Å². The van der Waals surface area contributed by atoms with Gasteiger partial charge < -0.3 is 9.47 Å². The lowest BCUT2D eigenvalue weighted by molar-refractivity contribution is -0.385. The Hall–Kier alpha value is -2.42. The number of nitro benzene ring substituents is 1. The molecule has 0 fully saturated rings. The molecule has 0 atom stereocenters. The Morgan fingerprint density at radius 3 is 2.25 bits per heavy atom. The Kier molecular flexibility index (Phi) is 5.91. The van der Waals surface area contributed by atoms with E-state index in [1.807, 2.05) is 12.1 Å². The molecule has 0 N–H and O–H groups in total. The number of ketones is 1. The maximum absolute atomic E-state index is 12.2. The van der Waals surface area contributed by atoms with Gasteiger partial charge in [0.05, 0.1) is 30.8 Å². The molecule has 0 unspecified atom stereocenters. The molecule has 0 saturated carbocycles. The van der Waals surface area contributed by atoms with Crippen molar-refractivity contribution in [1.82, 2.24) is 0 Å². The maximum Gasteiger partial charge on any atom is 0.280 e. The van der Waals surface area contributed by atoms with E-state index in [0.717, 1.165) is 3.57 Å². The molecule has 0 spiro atoms. The van der Waals surface area contributed by atoms with Crippen molar-refractivity contribution in [3.05, 3.63) is 67.3 Å². The molecule has 2 aromatic carbocycles. The van der Waals surface area contributed by atoms with E-state index in [0.29, 0.717) is 11.3 Å². The van der Waals surface area contributed by atoms with Crippen molar-refractivity contribution in [3.8, 4) is 11.5 Å². The third-order valence-electron chi connectivity index (χ3n) is 3.27. The molecule has 124 valence electrons. The lowest BCUT2D eigenvalue weighted by atomic mass is 10.1. The molecule has 0 aliphatic rings. The second kappa shape index (κ2) is 7.91. The zero-order valence-corrected chi connectivity index (χ0v) is 15.1. The number of carbonyl (C=O) groups excluding carboxylic acids is 1. The summed E-state index contributed by atoms with van der Waals surface area (Å²) in [5, 5.41) is 11.2. The number of methoxy groups -OCH3 is 2. The molecular formula is C17H14INO5. The summed E-state index contributed by atoms with van der Waals surface area (Å²) in [5.41, 5.74) is 0.602. The lowest BCUT2D eigenvalue weighted by Crippen LogP contribution is -1.98. The highest BCUT2D eigenvalue weighted by atomic mass is 127. The van der Waals surface area contributed by atoms with Gasteiger partial charge in [-0.15, -0.1) is 0 Å². The molecule has 2 rings (SSSR count). The van der Waals surface area contributed by atoms with Crippen LogP contribution in [0.1, 0.15) is 15.9 Å². The highest BCUT2D eigenvalue weighted by Crippen LogP contribution is 2.35. The Morgan fingerprint density at radius 1 is 1.12 bits per heavy atom. The minimum atomic E-state index is -0.531. The van der Waals surface area contributed by atoms with Crippen molar-refractivity contribution in [1.29, 1.82) is 0 Å². The van der Waals surface area contributed by atoms with Crippen LogP contribution in [-0.2, 0) is 0 Å². The SMILES string of the molecule is COc1cc(/C=C/C(=O)c2ccc(I)cc2)c([N+](=O)[O-])cc1OC. The number of halogens is 1. The molecule has 6 nitrogen and oxygen atoms in total. The van der Waals surface area contributed by atoms with Crippen molar-refractivity contribution < 1.29 is 19.2 Å². The van der Waals surface area contributed by atoms with Gasteiger partial charge in [-0.3, -0.25) is 14.9 Å². The van der Waals surface area contributed by atoms with Crippen LogP contribution in [0.15, 0.2) is 42.5 Å². The molecule has 0 heterocycles. The second-order valence-electron chi connectivity index (χ2n) is 4.73. The van der Waals surface area contributed by atoms with Crippen LogP contribution < -0.4 is 9.47 Å². The zero-order chi connectivity index (χ0) is 17.7. The van der Waals surface area contributed by atoms with Gasteiger partial charge in [-0.2, -0.15) is 0 Å². The highest BCUT2D eigenvalue weighted by Gasteiger charge is 2.18. The van der Waals surface area contributed by atoms with Gasteiger partial charge >= 0.3 is 0 Å². The number of nitro groups is 1. The third-order valence-corrected chi connectivity index (χ3v) is 3.99. The summed E-state index contributed by atoms with van der Waals surface area (Å²) in [4.78, 5) is 22.9. The first-order chi connectivity index (χ1) is 11.5. The van der Waals surface area contributed by atoms with Crippen LogP contribution in [0.4, 0.5) is 5.69 Å². The van der Waals surface area contributed by atoms with Gasteiger partial charge in [0, 0.05) is 9.13 Å². The summed E-state index contributed by atoms with van der Waals surface area (Å²) in [6.45, 7) is 0. The summed E-state index contributed by atoms with van der Waals surface area (Å²) >= 11 is 2.15. The number of ether oxygens (including phenoxy) is 2. The normalized spacial score (nSPS) is 10.6. The van der Waals surface area contributed by atoms with Gasteiger partial charge in [0.15, 0.2) is 17.3 Å². The molecule has 2 aromatic rings. The van der Waals surface area contributed by atoms with Crippen LogP contribution in [0.5, 0.6) is 11.5 Å². The molecular weight excluding hydrogens is 425 g/mol. The molecule has 0 aromatic heterocycles. The number of hydrogen-bond donors (Lipinski definition) is 0. The second-order valence-corrected chi connectivity index (χ2v) is 5.97. The molecule has 0 amide bonds. The summed E-state index contributed by atoms with van der Waals surface area (Å²) in [6, 6.07) is 9.79. The molecule has 0 radical (unpaired) electrons. The largest absolute Gasteiger partial charge is 0.493 e. The lowest BCUT2D eigenvalue weighted by Gasteiger charge is -2.08. The summed E-state index contributed by atoms with van der Waals surface area (Å²) in [6.07, 6.45) is 2.71. The van der Waals surface area contributed by atoms with Gasteiger partial charge in [-0.25, -0.2) is 0 Å². The topological polar surface area (TPSA) is 78.7 Å². The average Bonchev–Trinajstić information content (AvgIpc) is 2.59. The average molecular weight is 439 g/mol. The fourth-order valence-corrected chi connectivity index (χ4v) is 2.41. The van der Waals surface area contributed by atoms with Crippen molar-refractivity contribution in [2.24, 2.45) is 0 Å². The number of allylic oxidation sites excluding steroid dienone is 1. The quantitative estimate of drug-likeness (QED) is 0.223. The third kappa shape index (κ3) is 4.10. The minimum Gasteiger partial charge on any atom is -0.493 e. The first-order valence-corrected chi connectivity index (χ1v) is 7.92. The van der Waals surface area contributed by atoms with E-state index in [2.05, 4.69) is 22.6 Å². The molecule has 0 aliphatic carbocycles. The summed E-state index contributed by atoms with van der Waals surface area (Å²) < 4.78 is 11.2. The number of hydrogen-bond acceptors (Lipinski definition) is 5. The van der Waals surface area contributed by atoms with Crippen LogP contribution in [-0.4, -0.2) is 24.9 Å². The number of benzene rings is 2. The zero-order valence-electron chi connectivity index (χ0n) is 13.0. The maximum atomic E-state index is 12.2. The highest BCUT2D eigenvalue weighted by molar-refractivity contribution is 14.1. The Balaban J connectivity index is 2.38. The fraction of sp³-hybridized carbons (Fsp3) is 0.118. The Morgan fingerprint density at radius 2 is 1.71 bits per heavy atom. The van der Waals surface area contributed by atoms with Gasteiger partial charge in [0.2, 0.25) is 0 Å². The van der Waals surface area contributed by atoms with E-state index in [1.165, 1.54) is 38.5 Å². The molecule has 7 heteroatoms. The van der Waals surface area contributed by atoms with E-state index >= 15 is 0 Å². The molecule has 0 aliphatic heterocycles. The van der Waals surface area contributed by atoms with E-state index in [1.54, 1.807) is 12.1 Å². The fourth-order valence-electron chi connectivity index (χ4n) is 2.05. The van der Waals surface area contributed by atoms with Gasteiger partial charge in [-0.05, 0) is 52.9 Å². The molecule has 24 heavy (non-hydrogen) atoms. The molecule has 0 saturated heterocycles. The number of rotatable bonds is 6. The standard InChI is InChI=1S/C17H14INO5/c1-23-16-9-12(14(19(21)22)10-17(16)24-2)5-8-15(20)11-3-6-13(18)7-4-11/h3-10H,1-2H3/b8-5+. The Bertz CT molecular complexity index is 799. The van der Waals surface area contributed by atoms with Crippen LogP contribution in [0.2, 0.25) is 0 Å². The predicted octanol–water partition coefficient (Wildman–Crippen LogP) is 4.11. The van der Waals surface area contributed by atoms with Crippen LogP contribution >= 0.6 is 22.6 Å². The minimum absolute atomic E-state index is 0.167. The summed E-state index contributed by atoms with van der Waals surface area (Å²) in [7, 11) is 2.84. The van der Waals surface area contributed by atoms with E-state index in [4.69, 9.17) is 9.47 Å². The smallest absolute Gasteiger partial charge is 0.280 e. The first kappa shape index (κ1) is 17.9. The van der Waals surface area contributed by atoms with Crippen molar-refractivity contribution in [2.45, 2.75) is 0 Å². The van der Waals surface area contributed by atoms with E-state index in [9.17, 15) is 14.9 Å². The van der Waals surface area contributed by atoms with Crippen molar-refractivity contribution in [3.63, 3.8) is 0 Å². The van der Waals surface area contributed by atoms with Crippen molar-refractivity contribution >= 4 is 40.1 Å². The van der Waals surface area contributed by atoms with Crippen LogP contribution in [0.25, 0.3) is 6.08 Å². The van der Waals surface area contributed by atoms with Gasteiger partial charge in [-0.1, -0.05) is 12.1 Å². The van der Waals surface area contributed by atoms with Crippen LogP contribution in [0, 0.1) is 13.7 Å². The van der Waals surface area contributed by atoms with Crippen molar-refractivity contribution in [2.75, 3.05) is 14.2 Å². The Labute approximate surface area is 152 Å². The number of carbonyl (C=O) groups is 1. The monoisotopic (exact) mass is 439 g/mol. The first-order valence-electron chi connectivity index (χ1n) is 6.84. The predicted molar refractivity (Wildman–Crippen MR) is 98.7 cm³/mol. The number of nitrogens with zero attached hydrogens (tertiary/aromatic N) is 1. The van der Waals surface area contributed by atoms with Gasteiger partial charge in [0.25, 0.3) is 5.69 Å². The van der Waals surface area contributed by atoms with Crippen LogP contribution in [0.3, 0.4) is 0 Å².